The first-order valence-corrected chi connectivity index (χ1v) is 10.5. The summed E-state index contributed by atoms with van der Waals surface area (Å²) in [6.45, 7) is 11.7. The van der Waals surface area contributed by atoms with Crippen molar-refractivity contribution in [3.8, 4) is 6.07 Å². The molecule has 3 heterocycles. The minimum Gasteiger partial charge on any atom is -0.327 e. The lowest BCUT2D eigenvalue weighted by Gasteiger charge is -2.31. The van der Waals surface area contributed by atoms with Gasteiger partial charge in [-0.05, 0) is 37.3 Å². The summed E-state index contributed by atoms with van der Waals surface area (Å²) in [6.07, 6.45) is 1.24. The van der Waals surface area contributed by atoms with Gasteiger partial charge in [0.15, 0.2) is 6.54 Å². The molecule has 2 aromatic heterocycles. The minimum absolute atomic E-state index is 0.00673. The molecule has 144 valence electrons. The Hall–Kier alpha value is -2.10. The second-order valence-electron chi connectivity index (χ2n) is 8.04. The number of nitriles is 1. The van der Waals surface area contributed by atoms with E-state index in [1.807, 2.05) is 25.3 Å². The lowest BCUT2D eigenvalue weighted by atomic mass is 9.92. The third-order valence-corrected chi connectivity index (χ3v) is 6.44. The van der Waals surface area contributed by atoms with E-state index in [-0.39, 0.29) is 5.91 Å². The number of hydrogen-bond acceptors (Lipinski definition) is 3. The first-order chi connectivity index (χ1) is 12.9. The Morgan fingerprint density at radius 2 is 2.07 bits per heavy atom. The monoisotopic (exact) mass is 385 g/mol. The average Bonchev–Trinajstić information content (AvgIpc) is 3.17. The number of carbonyl (C=O) groups is 1. The highest BCUT2D eigenvalue weighted by Gasteiger charge is 2.28. The lowest BCUT2D eigenvalue weighted by Crippen LogP contribution is -3.15. The zero-order valence-corrected chi connectivity index (χ0v) is 17.4. The second-order valence-corrected chi connectivity index (χ2v) is 9.07. The van der Waals surface area contributed by atoms with Crippen LogP contribution in [-0.4, -0.2) is 30.1 Å². The molecule has 0 bridgehead atoms. The summed E-state index contributed by atoms with van der Waals surface area (Å²) in [6, 6.07) is 6.39. The quantitative estimate of drug-likeness (QED) is 0.831. The number of nitrogens with one attached hydrogen (secondary N) is 2. The van der Waals surface area contributed by atoms with Gasteiger partial charge in [0, 0.05) is 22.4 Å². The van der Waals surface area contributed by atoms with Crippen LogP contribution < -0.4 is 10.2 Å². The number of thiophene rings is 1. The van der Waals surface area contributed by atoms with Gasteiger partial charge in [-0.15, -0.1) is 11.3 Å². The number of anilines is 1. The number of hydrogen-bond donors (Lipinski definition) is 2. The van der Waals surface area contributed by atoms with Crippen LogP contribution in [0.1, 0.15) is 42.0 Å². The fraction of sp³-hybridized carbons (Fsp3) is 0.524. The number of nitrogens with zero attached hydrogens (tertiary/aromatic N) is 2. The standard InChI is InChI=1S/C21H28N4OS/c1-14-8-15(2)11-24(10-14)13-20(26)23-21-19(9-22)16(3)17(4)25(21)12-18-6-5-7-27-18/h5-7,14-15H,8,10-13H2,1-4H3,(H,23,26)/p+1/t14-,15-/m1/s1. The van der Waals surface area contributed by atoms with Crippen LogP contribution in [0.2, 0.25) is 0 Å². The SMILES string of the molecule is Cc1c(C#N)c(NC(=O)C[NH+]2C[C@H](C)C[C@@H](C)C2)n(Cc2cccs2)c1C. The molecule has 27 heavy (non-hydrogen) atoms. The van der Waals surface area contributed by atoms with Crippen molar-refractivity contribution >= 4 is 23.1 Å². The number of aromatic nitrogens is 1. The Morgan fingerprint density at radius 1 is 1.37 bits per heavy atom. The van der Waals surface area contributed by atoms with E-state index in [2.05, 4.69) is 35.9 Å². The first kappa shape index (κ1) is 19.7. The Bertz CT molecular complexity index is 837. The van der Waals surface area contributed by atoms with Gasteiger partial charge in [0.25, 0.3) is 5.91 Å². The van der Waals surface area contributed by atoms with Gasteiger partial charge in [0.05, 0.1) is 25.2 Å². The van der Waals surface area contributed by atoms with Crippen molar-refractivity contribution in [3.05, 3.63) is 39.2 Å². The minimum atomic E-state index is -0.00673. The molecular formula is C21H29N4OS+. The van der Waals surface area contributed by atoms with Crippen molar-refractivity contribution in [2.45, 2.75) is 40.7 Å². The molecule has 5 nitrogen and oxygen atoms in total. The van der Waals surface area contributed by atoms with Crippen LogP contribution in [0.15, 0.2) is 17.5 Å². The normalized spacial score (nSPS) is 22.4. The molecule has 0 saturated carbocycles. The van der Waals surface area contributed by atoms with Gasteiger partial charge in [-0.3, -0.25) is 4.79 Å². The smallest absolute Gasteiger partial charge is 0.280 e. The molecule has 2 atom stereocenters. The molecule has 0 aromatic carbocycles. The van der Waals surface area contributed by atoms with Crippen LogP contribution >= 0.6 is 11.3 Å². The number of piperidine rings is 1. The van der Waals surface area contributed by atoms with E-state index in [4.69, 9.17) is 0 Å². The van der Waals surface area contributed by atoms with E-state index >= 15 is 0 Å². The molecule has 1 fully saturated rings. The van der Waals surface area contributed by atoms with Gasteiger partial charge in [-0.1, -0.05) is 19.9 Å². The van der Waals surface area contributed by atoms with Gasteiger partial charge in [-0.25, -0.2) is 0 Å². The summed E-state index contributed by atoms with van der Waals surface area (Å²) in [4.78, 5) is 15.3. The summed E-state index contributed by atoms with van der Waals surface area (Å²) in [5.74, 6) is 1.94. The van der Waals surface area contributed by atoms with Crippen molar-refractivity contribution in [2.24, 2.45) is 11.8 Å². The highest BCUT2D eigenvalue weighted by molar-refractivity contribution is 7.09. The fourth-order valence-electron chi connectivity index (χ4n) is 4.36. The Balaban J connectivity index is 1.79. The van der Waals surface area contributed by atoms with Crippen LogP contribution in [0.25, 0.3) is 0 Å². The topological polar surface area (TPSA) is 62.3 Å². The third kappa shape index (κ3) is 4.42. The number of quaternary nitrogens is 1. The Kier molecular flexibility index (Phi) is 6.03. The summed E-state index contributed by atoms with van der Waals surface area (Å²) >= 11 is 1.69. The molecule has 6 heteroatoms. The molecule has 2 N–H and O–H groups in total. The first-order valence-electron chi connectivity index (χ1n) is 9.64. The molecule has 2 aromatic rings. The summed E-state index contributed by atoms with van der Waals surface area (Å²) in [7, 11) is 0. The third-order valence-electron chi connectivity index (χ3n) is 5.58. The average molecular weight is 386 g/mol. The predicted molar refractivity (Wildman–Crippen MR) is 109 cm³/mol. The van der Waals surface area contributed by atoms with Crippen molar-refractivity contribution in [3.63, 3.8) is 0 Å². The summed E-state index contributed by atoms with van der Waals surface area (Å²) in [5.41, 5.74) is 2.55. The summed E-state index contributed by atoms with van der Waals surface area (Å²) < 4.78 is 2.06. The summed E-state index contributed by atoms with van der Waals surface area (Å²) in [5, 5.41) is 14.8. The molecular weight excluding hydrogens is 356 g/mol. The fourth-order valence-corrected chi connectivity index (χ4v) is 5.05. The van der Waals surface area contributed by atoms with E-state index in [1.165, 1.54) is 16.2 Å². The van der Waals surface area contributed by atoms with Crippen LogP contribution in [0.3, 0.4) is 0 Å². The van der Waals surface area contributed by atoms with Crippen molar-refractivity contribution in [2.75, 3.05) is 25.0 Å². The van der Waals surface area contributed by atoms with Crippen molar-refractivity contribution < 1.29 is 9.69 Å². The van der Waals surface area contributed by atoms with E-state index < -0.39 is 0 Å². The molecule has 0 unspecified atom stereocenters. The maximum atomic E-state index is 12.8. The van der Waals surface area contributed by atoms with Crippen molar-refractivity contribution in [1.82, 2.24) is 4.57 Å². The molecule has 1 aliphatic heterocycles. The highest BCUT2D eigenvalue weighted by Crippen LogP contribution is 2.28. The second kappa shape index (κ2) is 8.28. The molecule has 0 aliphatic carbocycles. The number of carbonyl (C=O) groups excluding carboxylic acids is 1. The lowest BCUT2D eigenvalue weighted by molar-refractivity contribution is -0.904. The highest BCUT2D eigenvalue weighted by atomic mass is 32.1. The Labute approximate surface area is 165 Å². The van der Waals surface area contributed by atoms with E-state index in [0.29, 0.717) is 36.3 Å². The van der Waals surface area contributed by atoms with Gasteiger partial charge in [0.2, 0.25) is 0 Å². The van der Waals surface area contributed by atoms with Crippen LogP contribution in [0, 0.1) is 37.0 Å². The van der Waals surface area contributed by atoms with Crippen LogP contribution in [0.5, 0.6) is 0 Å². The van der Waals surface area contributed by atoms with Gasteiger partial charge in [0.1, 0.15) is 11.9 Å². The van der Waals surface area contributed by atoms with Crippen molar-refractivity contribution in [1.29, 1.82) is 5.26 Å². The van der Waals surface area contributed by atoms with E-state index in [0.717, 1.165) is 24.3 Å². The maximum absolute atomic E-state index is 12.8. The van der Waals surface area contributed by atoms with E-state index in [1.54, 1.807) is 11.3 Å². The largest absolute Gasteiger partial charge is 0.327 e. The van der Waals surface area contributed by atoms with Crippen LogP contribution in [-0.2, 0) is 11.3 Å². The zero-order chi connectivity index (χ0) is 19.6. The molecule has 0 radical (unpaired) electrons. The Morgan fingerprint density at radius 3 is 2.67 bits per heavy atom. The molecule has 3 rings (SSSR count). The molecule has 0 spiro atoms. The molecule has 1 saturated heterocycles. The number of rotatable bonds is 5. The van der Waals surface area contributed by atoms with Crippen LogP contribution in [0.4, 0.5) is 5.82 Å². The molecule has 1 amide bonds. The van der Waals surface area contributed by atoms with Gasteiger partial charge < -0.3 is 14.8 Å². The molecule has 1 aliphatic rings. The predicted octanol–water partition coefficient (Wildman–Crippen LogP) is 2.59. The number of amides is 1. The van der Waals surface area contributed by atoms with E-state index in [9.17, 15) is 10.1 Å². The van der Waals surface area contributed by atoms with Gasteiger partial charge in [-0.2, -0.15) is 5.26 Å². The maximum Gasteiger partial charge on any atom is 0.280 e. The zero-order valence-electron chi connectivity index (χ0n) is 16.6. The number of likely N-dealkylation sites (tertiary alicyclic amines) is 1. The van der Waals surface area contributed by atoms with Gasteiger partial charge >= 0.3 is 0 Å².